The fraction of sp³-hybridized carbons (Fsp3) is 0.500. The molecule has 1 aliphatic rings. The van der Waals surface area contributed by atoms with E-state index < -0.39 is 26.3 Å². The van der Waals surface area contributed by atoms with Crippen molar-refractivity contribution >= 4 is 31.6 Å². The molecule has 1 aromatic rings. The Bertz CT molecular complexity index is 594. The highest BCUT2D eigenvalue weighted by Crippen LogP contribution is 2.37. The van der Waals surface area contributed by atoms with Crippen LogP contribution in [0.25, 0.3) is 0 Å². The lowest BCUT2D eigenvalue weighted by Gasteiger charge is -2.41. The molecule has 2 rings (SSSR count). The van der Waals surface area contributed by atoms with Crippen LogP contribution in [0, 0.1) is 5.82 Å². The van der Waals surface area contributed by atoms with E-state index >= 15 is 0 Å². The Morgan fingerprint density at radius 2 is 2.11 bits per heavy atom. The molecule has 0 amide bonds. The van der Waals surface area contributed by atoms with Gasteiger partial charge in [0.25, 0.3) is 0 Å². The van der Waals surface area contributed by atoms with Crippen LogP contribution in [0.2, 0.25) is 0 Å². The molecule has 1 aromatic carbocycles. The van der Waals surface area contributed by atoms with Crippen molar-refractivity contribution in [3.63, 3.8) is 0 Å². The SMILES string of the molecule is CCC1(NS(=O)(=O)c2cc(N)cc(Br)c2F)CCC1. The third kappa shape index (κ3) is 2.78. The van der Waals surface area contributed by atoms with Crippen LogP contribution in [0.5, 0.6) is 0 Å². The highest BCUT2D eigenvalue weighted by Gasteiger charge is 2.39. The van der Waals surface area contributed by atoms with Gasteiger partial charge in [0.05, 0.1) is 4.47 Å². The molecule has 0 atom stereocenters. The van der Waals surface area contributed by atoms with Gasteiger partial charge in [0, 0.05) is 11.2 Å². The highest BCUT2D eigenvalue weighted by atomic mass is 79.9. The van der Waals surface area contributed by atoms with Crippen molar-refractivity contribution in [2.45, 2.75) is 43.0 Å². The minimum atomic E-state index is -3.90. The normalized spacial score (nSPS) is 18.1. The number of hydrogen-bond donors (Lipinski definition) is 2. The van der Waals surface area contributed by atoms with Crippen LogP contribution >= 0.6 is 15.9 Å². The Kier molecular flexibility index (Phi) is 3.90. The molecule has 4 nitrogen and oxygen atoms in total. The fourth-order valence-electron chi connectivity index (χ4n) is 2.25. The van der Waals surface area contributed by atoms with Gasteiger partial charge in [0.2, 0.25) is 10.0 Å². The first kappa shape index (κ1) is 14.7. The van der Waals surface area contributed by atoms with E-state index in [2.05, 4.69) is 20.7 Å². The Morgan fingerprint density at radius 1 is 1.47 bits per heavy atom. The second-order valence-electron chi connectivity index (χ2n) is 4.91. The molecular weight excluding hydrogens is 335 g/mol. The maximum atomic E-state index is 14.0. The van der Waals surface area contributed by atoms with Gasteiger partial charge in [-0.25, -0.2) is 17.5 Å². The van der Waals surface area contributed by atoms with Gasteiger partial charge in [0.1, 0.15) is 4.90 Å². The van der Waals surface area contributed by atoms with Crippen molar-refractivity contribution in [3.05, 3.63) is 22.4 Å². The Balaban J connectivity index is 2.40. The molecule has 1 aliphatic carbocycles. The summed E-state index contributed by atoms with van der Waals surface area (Å²) in [5.74, 6) is -0.813. The molecule has 1 saturated carbocycles. The summed E-state index contributed by atoms with van der Waals surface area (Å²) in [6.45, 7) is 1.92. The topological polar surface area (TPSA) is 72.2 Å². The number of nitrogens with one attached hydrogen (secondary N) is 1. The summed E-state index contributed by atoms with van der Waals surface area (Å²) >= 11 is 2.97. The van der Waals surface area contributed by atoms with Crippen molar-refractivity contribution < 1.29 is 12.8 Å². The van der Waals surface area contributed by atoms with Crippen LogP contribution in [-0.2, 0) is 10.0 Å². The number of anilines is 1. The van der Waals surface area contributed by atoms with Crippen LogP contribution in [0.15, 0.2) is 21.5 Å². The second-order valence-corrected chi connectivity index (χ2v) is 7.41. The maximum Gasteiger partial charge on any atom is 0.244 e. The van der Waals surface area contributed by atoms with Crippen molar-refractivity contribution in [1.29, 1.82) is 0 Å². The second kappa shape index (κ2) is 5.03. The van der Waals surface area contributed by atoms with E-state index in [0.29, 0.717) is 6.42 Å². The van der Waals surface area contributed by atoms with Crippen LogP contribution in [0.3, 0.4) is 0 Å². The molecule has 1 fully saturated rings. The number of rotatable bonds is 4. The molecule has 0 saturated heterocycles. The first-order valence-electron chi connectivity index (χ1n) is 6.08. The molecule has 0 radical (unpaired) electrons. The zero-order chi connectivity index (χ0) is 14.3. The predicted octanol–water partition coefficient (Wildman–Crippen LogP) is 2.78. The fourth-order valence-corrected chi connectivity index (χ4v) is 4.53. The lowest BCUT2D eigenvalue weighted by atomic mass is 9.76. The van der Waals surface area contributed by atoms with Gasteiger partial charge in [-0.2, -0.15) is 0 Å². The summed E-state index contributed by atoms with van der Waals surface area (Å²) in [6.07, 6.45) is 3.25. The molecule has 0 unspecified atom stereocenters. The highest BCUT2D eigenvalue weighted by molar-refractivity contribution is 9.10. The van der Waals surface area contributed by atoms with Crippen molar-refractivity contribution in [3.8, 4) is 0 Å². The minimum absolute atomic E-state index is 0.0482. The third-order valence-corrected chi connectivity index (χ3v) is 5.80. The first-order chi connectivity index (χ1) is 8.80. The standard InChI is InChI=1S/C12H16BrFN2O2S/c1-2-12(4-3-5-12)16-19(17,18)10-7-8(15)6-9(13)11(10)14/h6-7,16H,2-5,15H2,1H3. The third-order valence-electron chi connectivity index (χ3n) is 3.64. The van der Waals surface area contributed by atoms with E-state index in [1.807, 2.05) is 6.92 Å². The molecule has 0 bridgehead atoms. The van der Waals surface area contributed by atoms with Crippen molar-refractivity contribution in [2.24, 2.45) is 0 Å². The molecule has 19 heavy (non-hydrogen) atoms. The van der Waals surface area contributed by atoms with E-state index in [1.165, 1.54) is 6.07 Å². The summed E-state index contributed by atoms with van der Waals surface area (Å²) in [5.41, 5.74) is 5.35. The van der Waals surface area contributed by atoms with Crippen LogP contribution in [-0.4, -0.2) is 14.0 Å². The van der Waals surface area contributed by atoms with Gasteiger partial charge < -0.3 is 5.73 Å². The number of sulfonamides is 1. The lowest BCUT2D eigenvalue weighted by Crippen LogP contribution is -2.52. The van der Waals surface area contributed by atoms with Gasteiger partial charge in [0.15, 0.2) is 5.82 Å². The molecule has 0 aromatic heterocycles. The number of benzene rings is 1. The molecular formula is C12H16BrFN2O2S. The number of nitrogen functional groups attached to an aromatic ring is 1. The van der Waals surface area contributed by atoms with Gasteiger partial charge in [-0.15, -0.1) is 0 Å². The molecule has 3 N–H and O–H groups in total. The Morgan fingerprint density at radius 3 is 2.58 bits per heavy atom. The zero-order valence-electron chi connectivity index (χ0n) is 10.5. The van der Waals surface area contributed by atoms with E-state index in [4.69, 9.17) is 5.73 Å². The van der Waals surface area contributed by atoms with Gasteiger partial charge >= 0.3 is 0 Å². The maximum absolute atomic E-state index is 14.0. The van der Waals surface area contributed by atoms with Gasteiger partial charge in [-0.1, -0.05) is 6.92 Å². The Hall–Kier alpha value is -0.660. The number of halogens is 2. The monoisotopic (exact) mass is 350 g/mol. The summed E-state index contributed by atoms with van der Waals surface area (Å²) in [4.78, 5) is -0.404. The lowest BCUT2D eigenvalue weighted by molar-refractivity contribution is 0.213. The number of nitrogens with two attached hydrogens (primary N) is 1. The van der Waals surface area contributed by atoms with Gasteiger partial charge in [-0.3, -0.25) is 0 Å². The van der Waals surface area contributed by atoms with E-state index in [-0.39, 0.29) is 10.2 Å². The van der Waals surface area contributed by atoms with Crippen LogP contribution in [0.4, 0.5) is 10.1 Å². The van der Waals surface area contributed by atoms with E-state index in [9.17, 15) is 12.8 Å². The summed E-state index contributed by atoms with van der Waals surface area (Å²) in [7, 11) is -3.90. The average Bonchev–Trinajstić information content (AvgIpc) is 2.28. The summed E-state index contributed by atoms with van der Waals surface area (Å²) in [6, 6.07) is 2.48. The van der Waals surface area contributed by atoms with Crippen LogP contribution in [0.1, 0.15) is 32.6 Å². The van der Waals surface area contributed by atoms with Crippen molar-refractivity contribution in [1.82, 2.24) is 4.72 Å². The number of hydrogen-bond acceptors (Lipinski definition) is 3. The average molecular weight is 351 g/mol. The summed E-state index contributed by atoms with van der Waals surface area (Å²) < 4.78 is 41.2. The van der Waals surface area contributed by atoms with Gasteiger partial charge in [-0.05, 0) is 53.7 Å². The Labute approximate surface area is 120 Å². The first-order valence-corrected chi connectivity index (χ1v) is 8.36. The smallest absolute Gasteiger partial charge is 0.244 e. The molecule has 0 spiro atoms. The molecule has 106 valence electrons. The van der Waals surface area contributed by atoms with Crippen molar-refractivity contribution in [2.75, 3.05) is 5.73 Å². The minimum Gasteiger partial charge on any atom is -0.399 e. The molecule has 7 heteroatoms. The quantitative estimate of drug-likeness (QED) is 0.820. The molecule has 0 aliphatic heterocycles. The predicted molar refractivity (Wildman–Crippen MR) is 75.7 cm³/mol. The molecule has 0 heterocycles. The van der Waals surface area contributed by atoms with E-state index in [1.54, 1.807) is 0 Å². The van der Waals surface area contributed by atoms with E-state index in [0.717, 1.165) is 25.3 Å². The zero-order valence-corrected chi connectivity index (χ0v) is 12.9. The largest absolute Gasteiger partial charge is 0.399 e. The van der Waals surface area contributed by atoms with Crippen LogP contribution < -0.4 is 10.5 Å². The summed E-state index contributed by atoms with van der Waals surface area (Å²) in [5, 5.41) is 0.